The van der Waals surface area contributed by atoms with E-state index in [0.29, 0.717) is 5.56 Å². The van der Waals surface area contributed by atoms with Gasteiger partial charge >= 0.3 is 0 Å². The van der Waals surface area contributed by atoms with Crippen molar-refractivity contribution in [3.63, 3.8) is 0 Å². The third kappa shape index (κ3) is 6.54. The van der Waals surface area contributed by atoms with E-state index in [2.05, 4.69) is 24.4 Å². The standard InChI is InChI=1S/C22H27NO2/c1-3-18-11-13-20(14-12-18)21(24)15-16-22(25)23-17(2)9-10-19-7-5-4-6-8-19/h4-8,11-14,17H,3,9-10,15-16H2,1-2H3,(H,23,25). The van der Waals surface area contributed by atoms with Gasteiger partial charge in [-0.2, -0.15) is 0 Å². The molecule has 1 amide bonds. The first kappa shape index (κ1) is 18.9. The second kappa shape index (κ2) is 9.77. The molecule has 3 heteroatoms. The molecular weight excluding hydrogens is 310 g/mol. The molecule has 25 heavy (non-hydrogen) atoms. The highest BCUT2D eigenvalue weighted by atomic mass is 16.2. The van der Waals surface area contributed by atoms with E-state index in [1.807, 2.05) is 49.4 Å². The van der Waals surface area contributed by atoms with Crippen LogP contribution in [0.2, 0.25) is 0 Å². The van der Waals surface area contributed by atoms with Crippen LogP contribution in [0.25, 0.3) is 0 Å². The Kier molecular flexibility index (Phi) is 7.39. The molecule has 3 nitrogen and oxygen atoms in total. The Bertz CT molecular complexity index is 677. The van der Waals surface area contributed by atoms with Crippen molar-refractivity contribution in [2.75, 3.05) is 0 Å². The van der Waals surface area contributed by atoms with Crippen LogP contribution in [0.5, 0.6) is 0 Å². The number of carbonyl (C=O) groups is 2. The molecule has 0 aliphatic carbocycles. The van der Waals surface area contributed by atoms with Gasteiger partial charge in [0.05, 0.1) is 0 Å². The highest BCUT2D eigenvalue weighted by Gasteiger charge is 2.11. The van der Waals surface area contributed by atoms with E-state index in [4.69, 9.17) is 0 Å². The van der Waals surface area contributed by atoms with Gasteiger partial charge in [0, 0.05) is 24.4 Å². The molecule has 0 spiro atoms. The van der Waals surface area contributed by atoms with Crippen molar-refractivity contribution in [2.45, 2.75) is 52.0 Å². The molecule has 132 valence electrons. The van der Waals surface area contributed by atoms with Crippen LogP contribution >= 0.6 is 0 Å². The Morgan fingerprint density at radius 1 is 0.920 bits per heavy atom. The average molecular weight is 337 g/mol. The first-order valence-corrected chi connectivity index (χ1v) is 9.04. The monoisotopic (exact) mass is 337 g/mol. The van der Waals surface area contributed by atoms with Gasteiger partial charge in [-0.05, 0) is 37.3 Å². The zero-order valence-corrected chi connectivity index (χ0v) is 15.1. The van der Waals surface area contributed by atoms with Gasteiger partial charge in [-0.15, -0.1) is 0 Å². The lowest BCUT2D eigenvalue weighted by Crippen LogP contribution is -2.33. The summed E-state index contributed by atoms with van der Waals surface area (Å²) >= 11 is 0. The molecule has 1 N–H and O–H groups in total. The van der Waals surface area contributed by atoms with Crippen molar-refractivity contribution >= 4 is 11.7 Å². The van der Waals surface area contributed by atoms with Gasteiger partial charge in [0.2, 0.25) is 5.91 Å². The molecule has 2 rings (SSSR count). The highest BCUT2D eigenvalue weighted by Crippen LogP contribution is 2.09. The molecular formula is C22H27NO2. The minimum atomic E-state index is -0.0564. The van der Waals surface area contributed by atoms with Crippen LogP contribution in [-0.4, -0.2) is 17.7 Å². The summed E-state index contributed by atoms with van der Waals surface area (Å²) in [6.45, 7) is 4.09. The lowest BCUT2D eigenvalue weighted by atomic mass is 10.0. The fourth-order valence-corrected chi connectivity index (χ4v) is 2.74. The fraction of sp³-hybridized carbons (Fsp3) is 0.364. The van der Waals surface area contributed by atoms with Crippen molar-refractivity contribution in [1.82, 2.24) is 5.32 Å². The number of amides is 1. The smallest absolute Gasteiger partial charge is 0.220 e. The third-order valence-corrected chi connectivity index (χ3v) is 4.38. The summed E-state index contributed by atoms with van der Waals surface area (Å²) in [6.07, 6.45) is 3.28. The van der Waals surface area contributed by atoms with E-state index >= 15 is 0 Å². The van der Waals surface area contributed by atoms with E-state index in [0.717, 1.165) is 19.3 Å². The Morgan fingerprint density at radius 2 is 1.60 bits per heavy atom. The summed E-state index contributed by atoms with van der Waals surface area (Å²) in [6, 6.07) is 18.0. The number of aryl methyl sites for hydroxylation is 2. The molecule has 2 aromatic carbocycles. The molecule has 0 radical (unpaired) electrons. The molecule has 0 saturated carbocycles. The van der Waals surface area contributed by atoms with Crippen molar-refractivity contribution in [1.29, 1.82) is 0 Å². The average Bonchev–Trinajstić information content (AvgIpc) is 2.65. The summed E-state index contributed by atoms with van der Waals surface area (Å²) < 4.78 is 0. The first-order valence-electron chi connectivity index (χ1n) is 9.04. The number of carbonyl (C=O) groups excluding carboxylic acids is 2. The number of Topliss-reactive ketones (excluding diaryl/α,β-unsaturated/α-hetero) is 1. The van der Waals surface area contributed by atoms with Crippen molar-refractivity contribution < 1.29 is 9.59 Å². The molecule has 0 saturated heterocycles. The maximum atomic E-state index is 12.2. The first-order chi connectivity index (χ1) is 12.1. The maximum Gasteiger partial charge on any atom is 0.220 e. The van der Waals surface area contributed by atoms with Crippen LogP contribution in [0.4, 0.5) is 0 Å². The van der Waals surface area contributed by atoms with Crippen LogP contribution in [-0.2, 0) is 17.6 Å². The summed E-state index contributed by atoms with van der Waals surface area (Å²) in [5, 5.41) is 2.98. The quantitative estimate of drug-likeness (QED) is 0.692. The van der Waals surface area contributed by atoms with Gasteiger partial charge in [-0.25, -0.2) is 0 Å². The second-order valence-corrected chi connectivity index (χ2v) is 6.47. The summed E-state index contributed by atoms with van der Waals surface area (Å²) in [7, 11) is 0. The highest BCUT2D eigenvalue weighted by molar-refractivity contribution is 5.97. The van der Waals surface area contributed by atoms with Crippen LogP contribution in [0.3, 0.4) is 0 Å². The summed E-state index contributed by atoms with van der Waals surface area (Å²) in [4.78, 5) is 24.2. The van der Waals surface area contributed by atoms with E-state index in [1.165, 1.54) is 11.1 Å². The second-order valence-electron chi connectivity index (χ2n) is 6.47. The van der Waals surface area contributed by atoms with E-state index < -0.39 is 0 Å². The molecule has 0 fully saturated rings. The zero-order chi connectivity index (χ0) is 18.1. The Balaban J connectivity index is 1.71. The molecule has 0 bridgehead atoms. The summed E-state index contributed by atoms with van der Waals surface area (Å²) in [5.41, 5.74) is 3.16. The van der Waals surface area contributed by atoms with Gasteiger partial charge in [0.1, 0.15) is 0 Å². The SMILES string of the molecule is CCc1ccc(C(=O)CCC(=O)NC(C)CCc2ccccc2)cc1. The van der Waals surface area contributed by atoms with Gasteiger partial charge in [0.15, 0.2) is 5.78 Å². The molecule has 0 aliphatic heterocycles. The predicted octanol–water partition coefficient (Wildman–Crippen LogP) is 4.35. The fourth-order valence-electron chi connectivity index (χ4n) is 2.74. The number of nitrogens with one attached hydrogen (secondary N) is 1. The topological polar surface area (TPSA) is 46.2 Å². The van der Waals surface area contributed by atoms with Gasteiger partial charge in [-0.3, -0.25) is 9.59 Å². The molecule has 1 atom stereocenters. The normalized spacial score (nSPS) is 11.8. The van der Waals surface area contributed by atoms with E-state index in [1.54, 1.807) is 0 Å². The Hall–Kier alpha value is -2.42. The maximum absolute atomic E-state index is 12.2. The van der Waals surface area contributed by atoms with Crippen molar-refractivity contribution in [2.24, 2.45) is 0 Å². The van der Waals surface area contributed by atoms with Crippen LogP contribution in [0.1, 0.15) is 54.6 Å². The molecule has 1 unspecified atom stereocenters. The Labute approximate surface area is 150 Å². The van der Waals surface area contributed by atoms with Gasteiger partial charge in [0.25, 0.3) is 0 Å². The van der Waals surface area contributed by atoms with Crippen LogP contribution in [0, 0.1) is 0 Å². The lowest BCUT2D eigenvalue weighted by Gasteiger charge is -2.13. The molecule has 0 aromatic heterocycles. The Morgan fingerprint density at radius 3 is 2.24 bits per heavy atom. The van der Waals surface area contributed by atoms with Crippen LogP contribution in [0.15, 0.2) is 54.6 Å². The summed E-state index contributed by atoms with van der Waals surface area (Å²) in [5.74, 6) is -0.0335. The lowest BCUT2D eigenvalue weighted by molar-refractivity contribution is -0.121. The number of rotatable bonds is 9. The number of hydrogen-bond donors (Lipinski definition) is 1. The number of hydrogen-bond acceptors (Lipinski definition) is 2. The van der Waals surface area contributed by atoms with Crippen LogP contribution < -0.4 is 5.32 Å². The zero-order valence-electron chi connectivity index (χ0n) is 15.1. The van der Waals surface area contributed by atoms with Crippen molar-refractivity contribution in [3.8, 4) is 0 Å². The molecule has 0 aliphatic rings. The molecule has 0 heterocycles. The van der Waals surface area contributed by atoms with E-state index in [-0.39, 0.29) is 30.6 Å². The minimum Gasteiger partial charge on any atom is -0.354 e. The van der Waals surface area contributed by atoms with Crippen molar-refractivity contribution in [3.05, 3.63) is 71.3 Å². The third-order valence-electron chi connectivity index (χ3n) is 4.38. The predicted molar refractivity (Wildman–Crippen MR) is 102 cm³/mol. The largest absolute Gasteiger partial charge is 0.354 e. The van der Waals surface area contributed by atoms with Gasteiger partial charge in [-0.1, -0.05) is 61.5 Å². The van der Waals surface area contributed by atoms with E-state index in [9.17, 15) is 9.59 Å². The minimum absolute atomic E-state index is 0.0229. The number of benzene rings is 2. The van der Waals surface area contributed by atoms with Gasteiger partial charge < -0.3 is 5.32 Å². The molecule has 2 aromatic rings. The number of ketones is 1.